The average Bonchev–Trinajstić information content (AvgIpc) is 2.63. The summed E-state index contributed by atoms with van der Waals surface area (Å²) in [6.45, 7) is 6.18. The molecule has 2 unspecified atom stereocenters. The Balaban J connectivity index is 1.64. The van der Waals surface area contributed by atoms with Gasteiger partial charge in [0, 0.05) is 19.1 Å². The minimum atomic E-state index is 0.0260. The van der Waals surface area contributed by atoms with Gasteiger partial charge in [0.25, 0.3) is 0 Å². The van der Waals surface area contributed by atoms with Crippen LogP contribution in [0, 0.1) is 11.8 Å². The summed E-state index contributed by atoms with van der Waals surface area (Å²) >= 11 is 0. The molecule has 1 saturated carbocycles. The zero-order chi connectivity index (χ0) is 10.1. The molecule has 0 aromatic heterocycles. The first-order valence-corrected chi connectivity index (χ1v) is 5.30. The lowest BCUT2D eigenvalue weighted by Gasteiger charge is -2.09. The third-order valence-corrected chi connectivity index (χ3v) is 2.97. The molecule has 2 rings (SSSR count). The van der Waals surface area contributed by atoms with Gasteiger partial charge in [-0.1, -0.05) is 0 Å². The monoisotopic (exact) mass is 198 g/mol. The Bertz CT molecular complexity index is 220. The number of piperidine rings is 1. The normalized spacial score (nSPS) is 34.4. The number of carbonyl (C=O) groups is 1. The highest BCUT2D eigenvalue weighted by Crippen LogP contribution is 2.41. The van der Waals surface area contributed by atoms with Crippen LogP contribution in [0.3, 0.4) is 0 Å². The van der Waals surface area contributed by atoms with E-state index in [0.29, 0.717) is 17.9 Å². The third-order valence-electron chi connectivity index (χ3n) is 2.97. The summed E-state index contributed by atoms with van der Waals surface area (Å²) in [7, 11) is 0. The lowest BCUT2D eigenvalue weighted by molar-refractivity contribution is -0.127. The molecule has 0 bridgehead atoms. The van der Waals surface area contributed by atoms with Crippen LogP contribution in [0.1, 0.15) is 13.8 Å². The Morgan fingerprint density at radius 3 is 2.71 bits per heavy atom. The van der Waals surface area contributed by atoms with Gasteiger partial charge in [-0.3, -0.25) is 4.79 Å². The average molecular weight is 198 g/mol. The largest absolute Gasteiger partial charge is 0.369 e. The maximum absolute atomic E-state index is 11.4. The molecule has 1 aliphatic heterocycles. The van der Waals surface area contributed by atoms with Crippen molar-refractivity contribution in [2.45, 2.75) is 26.0 Å². The van der Waals surface area contributed by atoms with Gasteiger partial charge in [-0.2, -0.15) is 0 Å². The van der Waals surface area contributed by atoms with Crippen LogP contribution in [0.5, 0.6) is 0 Å². The van der Waals surface area contributed by atoms with E-state index in [9.17, 15) is 4.79 Å². The van der Waals surface area contributed by atoms with Gasteiger partial charge in [0.1, 0.15) is 6.61 Å². The lowest BCUT2D eigenvalue weighted by Crippen LogP contribution is -2.35. The number of amides is 1. The molecule has 2 N–H and O–H groups in total. The number of hydrogen-bond donors (Lipinski definition) is 2. The Morgan fingerprint density at radius 1 is 1.50 bits per heavy atom. The lowest BCUT2D eigenvalue weighted by atomic mass is 10.4. The summed E-state index contributed by atoms with van der Waals surface area (Å²) in [5, 5.41) is 6.30. The van der Waals surface area contributed by atoms with Crippen LogP contribution in [0.25, 0.3) is 0 Å². The van der Waals surface area contributed by atoms with Crippen molar-refractivity contribution in [3.8, 4) is 0 Å². The van der Waals surface area contributed by atoms with E-state index in [-0.39, 0.29) is 18.6 Å². The molecule has 1 aliphatic carbocycles. The molecule has 0 radical (unpaired) electrons. The molecule has 4 nitrogen and oxygen atoms in total. The molecule has 0 spiro atoms. The number of hydrogen-bond acceptors (Lipinski definition) is 3. The van der Waals surface area contributed by atoms with Crippen molar-refractivity contribution in [3.05, 3.63) is 0 Å². The van der Waals surface area contributed by atoms with Crippen LogP contribution < -0.4 is 10.6 Å². The fraction of sp³-hybridized carbons (Fsp3) is 0.900. The summed E-state index contributed by atoms with van der Waals surface area (Å²) in [6.07, 6.45) is 0.126. The molecule has 2 fully saturated rings. The van der Waals surface area contributed by atoms with Crippen LogP contribution in [0.4, 0.5) is 0 Å². The standard InChI is InChI=1S/C10H18N2O2/c1-6(2)14-5-9(13)12-10-7-3-11-4-8(7)10/h6-8,10-11H,3-5H2,1-2H3,(H,12,13). The van der Waals surface area contributed by atoms with E-state index in [1.165, 1.54) is 0 Å². The molecule has 80 valence electrons. The molecule has 0 aromatic rings. The van der Waals surface area contributed by atoms with Crippen molar-refractivity contribution in [2.24, 2.45) is 11.8 Å². The minimum Gasteiger partial charge on any atom is -0.369 e. The van der Waals surface area contributed by atoms with Crippen LogP contribution in [0.15, 0.2) is 0 Å². The minimum absolute atomic E-state index is 0.0260. The molecule has 4 heteroatoms. The first-order chi connectivity index (χ1) is 6.68. The molecule has 2 aliphatic rings. The molecule has 0 aromatic carbocycles. The fourth-order valence-corrected chi connectivity index (χ4v) is 2.10. The maximum Gasteiger partial charge on any atom is 0.246 e. The molecule has 1 saturated heterocycles. The first-order valence-electron chi connectivity index (χ1n) is 5.30. The van der Waals surface area contributed by atoms with Crippen LogP contribution in [-0.2, 0) is 9.53 Å². The fourth-order valence-electron chi connectivity index (χ4n) is 2.10. The van der Waals surface area contributed by atoms with Crippen molar-refractivity contribution < 1.29 is 9.53 Å². The highest BCUT2D eigenvalue weighted by molar-refractivity contribution is 5.78. The number of ether oxygens (including phenoxy) is 1. The summed E-state index contributed by atoms with van der Waals surface area (Å²) in [5.41, 5.74) is 0. The van der Waals surface area contributed by atoms with Crippen molar-refractivity contribution in [2.75, 3.05) is 19.7 Å². The van der Waals surface area contributed by atoms with Crippen molar-refractivity contribution in [1.29, 1.82) is 0 Å². The Morgan fingerprint density at radius 2 is 2.14 bits per heavy atom. The summed E-state index contributed by atoms with van der Waals surface area (Å²) in [5.74, 6) is 1.38. The highest BCUT2D eigenvalue weighted by Gasteiger charge is 2.53. The SMILES string of the molecule is CC(C)OCC(=O)NC1C2CNCC21. The van der Waals surface area contributed by atoms with E-state index in [1.807, 2.05) is 13.8 Å². The summed E-state index contributed by atoms with van der Waals surface area (Å²) < 4.78 is 5.23. The predicted octanol–water partition coefficient (Wildman–Crippen LogP) is -0.255. The summed E-state index contributed by atoms with van der Waals surface area (Å²) in [6, 6.07) is 0.416. The first kappa shape index (κ1) is 9.93. The van der Waals surface area contributed by atoms with Gasteiger partial charge < -0.3 is 15.4 Å². The topological polar surface area (TPSA) is 50.4 Å². The predicted molar refractivity (Wildman–Crippen MR) is 52.9 cm³/mol. The van der Waals surface area contributed by atoms with Crippen LogP contribution in [0.2, 0.25) is 0 Å². The maximum atomic E-state index is 11.4. The number of carbonyl (C=O) groups excluding carboxylic acids is 1. The van der Waals surface area contributed by atoms with E-state index in [0.717, 1.165) is 13.1 Å². The van der Waals surface area contributed by atoms with Gasteiger partial charge >= 0.3 is 0 Å². The van der Waals surface area contributed by atoms with E-state index in [1.54, 1.807) is 0 Å². The van der Waals surface area contributed by atoms with E-state index < -0.39 is 0 Å². The van der Waals surface area contributed by atoms with Crippen molar-refractivity contribution in [3.63, 3.8) is 0 Å². The van der Waals surface area contributed by atoms with Gasteiger partial charge in [0.15, 0.2) is 0 Å². The van der Waals surface area contributed by atoms with Crippen LogP contribution in [-0.4, -0.2) is 37.7 Å². The number of fused-ring (bicyclic) bond motifs is 1. The Kier molecular flexibility index (Phi) is 2.74. The quantitative estimate of drug-likeness (QED) is 0.654. The Hall–Kier alpha value is -0.610. The van der Waals surface area contributed by atoms with Gasteiger partial charge in [0.05, 0.1) is 6.10 Å². The van der Waals surface area contributed by atoms with E-state index >= 15 is 0 Å². The molecule has 1 heterocycles. The zero-order valence-corrected chi connectivity index (χ0v) is 8.75. The van der Waals surface area contributed by atoms with Gasteiger partial charge in [0.2, 0.25) is 5.91 Å². The molecule has 2 atom stereocenters. The zero-order valence-electron chi connectivity index (χ0n) is 8.75. The summed E-state index contributed by atoms with van der Waals surface area (Å²) in [4.78, 5) is 11.4. The van der Waals surface area contributed by atoms with Gasteiger partial charge in [-0.05, 0) is 25.7 Å². The molecular formula is C10H18N2O2. The molecular weight excluding hydrogens is 180 g/mol. The number of nitrogens with one attached hydrogen (secondary N) is 2. The van der Waals surface area contributed by atoms with Crippen molar-refractivity contribution >= 4 is 5.91 Å². The Labute approximate surface area is 84.4 Å². The third kappa shape index (κ3) is 2.07. The smallest absolute Gasteiger partial charge is 0.246 e. The molecule has 14 heavy (non-hydrogen) atoms. The van der Waals surface area contributed by atoms with E-state index in [4.69, 9.17) is 4.74 Å². The van der Waals surface area contributed by atoms with Crippen LogP contribution >= 0.6 is 0 Å². The van der Waals surface area contributed by atoms with E-state index in [2.05, 4.69) is 10.6 Å². The second kappa shape index (κ2) is 3.87. The van der Waals surface area contributed by atoms with Crippen molar-refractivity contribution in [1.82, 2.24) is 10.6 Å². The molecule has 1 amide bonds. The highest BCUT2D eigenvalue weighted by atomic mass is 16.5. The number of rotatable bonds is 4. The second-order valence-corrected chi connectivity index (χ2v) is 4.44. The van der Waals surface area contributed by atoms with Gasteiger partial charge in [-0.15, -0.1) is 0 Å². The second-order valence-electron chi connectivity index (χ2n) is 4.44. The van der Waals surface area contributed by atoms with Gasteiger partial charge in [-0.25, -0.2) is 0 Å².